The second-order valence-electron chi connectivity index (χ2n) is 10.3. The molecule has 3 aliphatic rings. The highest BCUT2D eigenvalue weighted by molar-refractivity contribution is 8.00. The number of carboxylic acid groups (broad SMARTS) is 1. The number of allylic oxidation sites excluding steroid dienone is 1. The molecule has 5 rings (SSSR count). The Morgan fingerprint density at radius 1 is 1.07 bits per heavy atom. The lowest BCUT2D eigenvalue weighted by molar-refractivity contribution is -0.151. The summed E-state index contributed by atoms with van der Waals surface area (Å²) in [5.74, 6) is -2.82. The smallest absolute Gasteiger partial charge is 0.352 e. The molecule has 14 nitrogen and oxygen atoms in total. The van der Waals surface area contributed by atoms with E-state index < -0.39 is 47.2 Å². The van der Waals surface area contributed by atoms with Gasteiger partial charge in [-0.05, 0) is 23.3 Å². The van der Waals surface area contributed by atoms with Crippen LogP contribution >= 0.6 is 11.8 Å². The van der Waals surface area contributed by atoms with E-state index in [9.17, 15) is 33.9 Å². The molecule has 3 N–H and O–H groups in total. The number of esters is 1. The third kappa shape index (κ3) is 7.10. The maximum absolute atomic E-state index is 13.0. The zero-order valence-electron chi connectivity index (χ0n) is 24.6. The molecule has 0 radical (unpaired) electrons. The van der Waals surface area contributed by atoms with Crippen LogP contribution < -0.4 is 10.6 Å². The molecule has 2 fully saturated rings. The maximum Gasteiger partial charge on any atom is 0.352 e. The molecular weight excluding hydrogens is 616 g/mol. The van der Waals surface area contributed by atoms with Crippen molar-refractivity contribution in [2.45, 2.75) is 24.8 Å². The zero-order chi connectivity index (χ0) is 32.8. The van der Waals surface area contributed by atoms with Crippen LogP contribution in [0.25, 0.3) is 6.08 Å². The molecule has 2 atom stereocenters. The highest BCUT2D eigenvalue weighted by Crippen LogP contribution is 2.40. The molecule has 6 amide bonds. The summed E-state index contributed by atoms with van der Waals surface area (Å²) in [6, 6.07) is 13.9. The fourth-order valence-corrected chi connectivity index (χ4v) is 6.35. The van der Waals surface area contributed by atoms with Gasteiger partial charge >= 0.3 is 24.0 Å². The standard InChI is InChI=1S/C31H30N6O8S/c1-19(38)45-17-22-18-46-28-25(27(40)37(28)26(22)29(41)42)34-24(39)16-21-11-5-6-12-23(21)33-30(43)35-14-15-36(31(35)44)32-13-7-10-20-8-3-2-4-9-20/h2-13,25,28H,14-18H2,1H3,(H,33,43)(H,34,39)(H,41,42)/b10-7+,32-13+/t25?,28-/m1/s1. The topological polar surface area (TPSA) is 178 Å². The number of β-lactam (4-membered cyclic amide) rings is 1. The molecule has 2 saturated heterocycles. The van der Waals surface area contributed by atoms with Crippen molar-refractivity contribution in [2.24, 2.45) is 5.10 Å². The van der Waals surface area contributed by atoms with Gasteiger partial charge in [0.1, 0.15) is 23.7 Å². The number of benzene rings is 2. The van der Waals surface area contributed by atoms with Crippen LogP contribution in [-0.4, -0.2) is 98.8 Å². The molecule has 46 heavy (non-hydrogen) atoms. The van der Waals surface area contributed by atoms with Gasteiger partial charge in [-0.2, -0.15) is 5.10 Å². The fraction of sp³-hybridized carbons (Fsp3) is 0.258. The van der Waals surface area contributed by atoms with Crippen LogP contribution in [0.3, 0.4) is 0 Å². The molecule has 3 heterocycles. The van der Waals surface area contributed by atoms with Crippen LogP contribution in [0, 0.1) is 0 Å². The molecule has 0 spiro atoms. The van der Waals surface area contributed by atoms with Crippen molar-refractivity contribution in [1.29, 1.82) is 0 Å². The van der Waals surface area contributed by atoms with Crippen LogP contribution in [0.15, 0.2) is 77.0 Å². The van der Waals surface area contributed by atoms with E-state index >= 15 is 0 Å². The number of para-hydroxylation sites is 1. The number of rotatable bonds is 10. The monoisotopic (exact) mass is 646 g/mol. The first kappa shape index (κ1) is 32.0. The Bertz CT molecular complexity index is 1660. The van der Waals surface area contributed by atoms with E-state index in [1.54, 1.807) is 30.3 Å². The molecule has 0 aliphatic carbocycles. The summed E-state index contributed by atoms with van der Waals surface area (Å²) in [6.45, 7) is 1.27. The number of anilines is 1. The number of fused-ring (bicyclic) bond motifs is 1. The maximum atomic E-state index is 13.0. The summed E-state index contributed by atoms with van der Waals surface area (Å²) in [7, 11) is 0. The van der Waals surface area contributed by atoms with Crippen molar-refractivity contribution in [2.75, 3.05) is 30.8 Å². The normalized spacial score (nSPS) is 19.4. The number of amides is 6. The molecule has 238 valence electrons. The number of urea groups is 2. The number of hydrogen-bond donors (Lipinski definition) is 3. The van der Waals surface area contributed by atoms with Gasteiger partial charge in [0.15, 0.2) is 0 Å². The second kappa shape index (κ2) is 14.1. The molecule has 2 aromatic carbocycles. The second-order valence-corrected chi connectivity index (χ2v) is 11.5. The number of nitrogens with zero attached hydrogens (tertiary/aromatic N) is 4. The molecule has 0 bridgehead atoms. The van der Waals surface area contributed by atoms with E-state index in [4.69, 9.17) is 4.74 Å². The van der Waals surface area contributed by atoms with Crippen LogP contribution in [0.5, 0.6) is 0 Å². The average Bonchev–Trinajstić information content (AvgIpc) is 3.41. The van der Waals surface area contributed by atoms with E-state index in [2.05, 4.69) is 15.7 Å². The van der Waals surface area contributed by atoms with Crippen LogP contribution in [0.4, 0.5) is 15.3 Å². The van der Waals surface area contributed by atoms with Gasteiger partial charge in [0.25, 0.3) is 5.91 Å². The van der Waals surface area contributed by atoms with Gasteiger partial charge in [0, 0.05) is 30.2 Å². The first-order valence-electron chi connectivity index (χ1n) is 14.2. The Kier molecular flexibility index (Phi) is 9.81. The lowest BCUT2D eigenvalue weighted by Crippen LogP contribution is -2.70. The highest BCUT2D eigenvalue weighted by atomic mass is 32.2. The summed E-state index contributed by atoms with van der Waals surface area (Å²) in [5.41, 5.74) is 1.76. The van der Waals surface area contributed by atoms with Crippen molar-refractivity contribution in [3.8, 4) is 0 Å². The summed E-state index contributed by atoms with van der Waals surface area (Å²) in [5, 5.41) is 19.7. The Labute approximate surface area is 267 Å². The Balaban J connectivity index is 1.17. The largest absolute Gasteiger partial charge is 0.477 e. The number of nitrogens with one attached hydrogen (secondary N) is 2. The number of carboxylic acids is 1. The Morgan fingerprint density at radius 2 is 1.80 bits per heavy atom. The molecule has 15 heteroatoms. The minimum absolute atomic E-state index is 0.113. The third-order valence-electron chi connectivity index (χ3n) is 7.24. The van der Waals surface area contributed by atoms with E-state index in [0.717, 1.165) is 15.4 Å². The van der Waals surface area contributed by atoms with Gasteiger partial charge in [0.05, 0.1) is 19.5 Å². The Hall–Kier alpha value is -5.44. The quantitative estimate of drug-likeness (QED) is 0.199. The van der Waals surface area contributed by atoms with Gasteiger partial charge in [-0.15, -0.1) is 11.8 Å². The van der Waals surface area contributed by atoms with Crippen molar-refractivity contribution in [3.05, 3.63) is 83.1 Å². The molecule has 3 aliphatic heterocycles. The number of aliphatic carboxylic acids is 1. The van der Waals surface area contributed by atoms with Crippen LogP contribution in [0.1, 0.15) is 18.1 Å². The number of carbonyl (C=O) groups excluding carboxylic acids is 5. The van der Waals surface area contributed by atoms with Crippen molar-refractivity contribution in [1.82, 2.24) is 20.1 Å². The zero-order valence-corrected chi connectivity index (χ0v) is 25.4. The lowest BCUT2D eigenvalue weighted by Gasteiger charge is -2.49. The number of imide groups is 1. The van der Waals surface area contributed by atoms with Crippen LogP contribution in [0.2, 0.25) is 0 Å². The first-order valence-corrected chi connectivity index (χ1v) is 15.2. The molecule has 0 saturated carbocycles. The van der Waals surface area contributed by atoms with Crippen molar-refractivity contribution < 1.29 is 38.6 Å². The van der Waals surface area contributed by atoms with E-state index in [1.807, 2.05) is 36.4 Å². The van der Waals surface area contributed by atoms with E-state index in [1.165, 1.54) is 29.9 Å². The van der Waals surface area contributed by atoms with Gasteiger partial charge in [-0.3, -0.25) is 19.3 Å². The summed E-state index contributed by atoms with van der Waals surface area (Å²) >= 11 is 1.25. The van der Waals surface area contributed by atoms with Gasteiger partial charge in [-0.25, -0.2) is 24.3 Å². The van der Waals surface area contributed by atoms with E-state index in [0.29, 0.717) is 11.3 Å². The molecule has 1 unspecified atom stereocenters. The SMILES string of the molecule is CC(=O)OCC1=C(C(=O)O)N2C(=O)C(NC(=O)Cc3ccccc3NC(=O)N3CCN(/N=C/C=C/c4ccccc4)C3=O)[C@H]2SC1. The molecule has 2 aromatic rings. The summed E-state index contributed by atoms with van der Waals surface area (Å²) in [4.78, 5) is 77.0. The number of hydrogen-bond acceptors (Lipinski definition) is 9. The minimum Gasteiger partial charge on any atom is -0.477 e. The lowest BCUT2D eigenvalue weighted by atomic mass is 10.0. The summed E-state index contributed by atoms with van der Waals surface area (Å²) in [6.07, 6.45) is 4.80. The fourth-order valence-electron chi connectivity index (χ4n) is 5.02. The number of ether oxygens (including phenoxy) is 1. The highest BCUT2D eigenvalue weighted by Gasteiger charge is 2.54. The Morgan fingerprint density at radius 3 is 2.54 bits per heavy atom. The number of hydrazone groups is 1. The molecule has 0 aromatic heterocycles. The van der Waals surface area contributed by atoms with E-state index in [-0.39, 0.29) is 43.1 Å². The predicted octanol–water partition coefficient (Wildman–Crippen LogP) is 2.50. The molecular formula is C31H30N6O8S. The first-order chi connectivity index (χ1) is 22.1. The number of carbonyl (C=O) groups is 6. The average molecular weight is 647 g/mol. The van der Waals surface area contributed by atoms with Gasteiger partial charge < -0.3 is 20.5 Å². The predicted molar refractivity (Wildman–Crippen MR) is 168 cm³/mol. The minimum atomic E-state index is -1.33. The van der Waals surface area contributed by atoms with Crippen molar-refractivity contribution >= 4 is 65.6 Å². The summed E-state index contributed by atoms with van der Waals surface area (Å²) < 4.78 is 4.93. The third-order valence-corrected chi connectivity index (χ3v) is 8.58. The van der Waals surface area contributed by atoms with Gasteiger partial charge in [-0.1, -0.05) is 54.6 Å². The van der Waals surface area contributed by atoms with Gasteiger partial charge in [0.2, 0.25) is 5.91 Å². The number of thioether (sulfide) groups is 1. The van der Waals surface area contributed by atoms with Crippen molar-refractivity contribution in [3.63, 3.8) is 0 Å². The van der Waals surface area contributed by atoms with Crippen LogP contribution in [-0.2, 0) is 30.3 Å².